The van der Waals surface area contributed by atoms with E-state index in [4.69, 9.17) is 9.47 Å². The van der Waals surface area contributed by atoms with Crippen LogP contribution in [0, 0.1) is 0 Å². The number of carbonyl (C=O) groups is 2. The summed E-state index contributed by atoms with van der Waals surface area (Å²) in [6.45, 7) is 13.1. The number of hydrogen-bond acceptors (Lipinski definition) is 10. The van der Waals surface area contributed by atoms with Crippen molar-refractivity contribution < 1.29 is 27.5 Å². The lowest BCUT2D eigenvalue weighted by molar-refractivity contribution is 0.0343. The lowest BCUT2D eigenvalue weighted by Crippen LogP contribution is -2.62. The number of nitrogens with zero attached hydrogens (tertiary/aromatic N) is 7. The van der Waals surface area contributed by atoms with Gasteiger partial charge in [-0.15, -0.1) is 0 Å². The number of amides is 1. The first-order valence-corrected chi connectivity index (χ1v) is 18.1. The molecule has 1 aromatic carbocycles. The van der Waals surface area contributed by atoms with E-state index >= 15 is 0 Å². The van der Waals surface area contributed by atoms with Gasteiger partial charge in [0.1, 0.15) is 23.3 Å². The van der Waals surface area contributed by atoms with E-state index < -0.39 is 39.1 Å². The van der Waals surface area contributed by atoms with Gasteiger partial charge in [0.15, 0.2) is 5.65 Å². The van der Waals surface area contributed by atoms with Gasteiger partial charge >= 0.3 is 22.4 Å². The van der Waals surface area contributed by atoms with Gasteiger partial charge in [0.2, 0.25) is 0 Å². The zero-order chi connectivity index (χ0) is 34.5. The van der Waals surface area contributed by atoms with Crippen LogP contribution >= 0.6 is 0 Å². The molecule has 1 atom stereocenters. The van der Waals surface area contributed by atoms with Gasteiger partial charge in [0.05, 0.1) is 17.5 Å². The number of anilines is 1. The van der Waals surface area contributed by atoms with E-state index in [0.717, 1.165) is 29.3 Å². The molecule has 1 aliphatic carbocycles. The molecule has 3 fully saturated rings. The Kier molecular flexibility index (Phi) is 8.96. The number of ether oxygens (including phenoxy) is 2. The van der Waals surface area contributed by atoms with Crippen molar-refractivity contribution in [2.75, 3.05) is 37.6 Å². The van der Waals surface area contributed by atoms with Crippen LogP contribution in [0.5, 0.6) is 0 Å². The number of piperazine rings is 1. The lowest BCUT2D eigenvalue weighted by atomic mass is 10.1. The minimum absolute atomic E-state index is 0.0189. The highest BCUT2D eigenvalue weighted by Gasteiger charge is 2.58. The Labute approximate surface area is 283 Å². The summed E-state index contributed by atoms with van der Waals surface area (Å²) in [6, 6.07) is 11.7. The zero-order valence-electron chi connectivity index (χ0n) is 28.8. The zero-order valence-corrected chi connectivity index (χ0v) is 29.6. The topological polar surface area (TPSA) is 130 Å². The van der Waals surface area contributed by atoms with Gasteiger partial charge in [0, 0.05) is 38.4 Å². The number of benzene rings is 1. The third kappa shape index (κ3) is 7.15. The molecule has 4 heterocycles. The monoisotopic (exact) mass is 681 g/mol. The highest BCUT2D eigenvalue weighted by Crippen LogP contribution is 2.47. The predicted octanol–water partition coefficient (Wildman–Crippen LogP) is 5.02. The Morgan fingerprint density at radius 3 is 2.33 bits per heavy atom. The second kappa shape index (κ2) is 12.6. The quantitative estimate of drug-likeness (QED) is 0.335. The molecule has 2 saturated heterocycles. The molecular formula is C34H47N7O6S. The summed E-state index contributed by atoms with van der Waals surface area (Å²) < 4.78 is 44.3. The van der Waals surface area contributed by atoms with Crippen LogP contribution in [0.3, 0.4) is 0 Å². The number of carbonyl (C=O) groups excluding carboxylic acids is 2. The van der Waals surface area contributed by atoms with E-state index in [9.17, 15) is 18.0 Å². The van der Waals surface area contributed by atoms with Gasteiger partial charge in [-0.3, -0.25) is 4.90 Å². The van der Waals surface area contributed by atoms with E-state index in [1.807, 2.05) is 18.2 Å². The molecule has 0 radical (unpaired) electrons. The highest BCUT2D eigenvalue weighted by atomic mass is 32.2. The SMILES string of the molecule is CC(C)(C)OC(=O)N(C[C@@H]1CCCN1Cc1ccccc1)S(=O)(=O)N1CCN(c2ncnc3c2ccn3C(=O)OC(C)(C)C)CC12CC2. The fraction of sp³-hybridized carbons (Fsp3) is 0.588. The van der Waals surface area contributed by atoms with Crippen LogP contribution in [0.4, 0.5) is 15.4 Å². The van der Waals surface area contributed by atoms with Crippen molar-refractivity contribution in [1.82, 2.24) is 28.0 Å². The molecule has 13 nitrogen and oxygen atoms in total. The Balaban J connectivity index is 1.24. The molecule has 1 saturated carbocycles. The molecule has 14 heteroatoms. The van der Waals surface area contributed by atoms with Crippen LogP contribution < -0.4 is 4.90 Å². The molecule has 3 aromatic rings. The van der Waals surface area contributed by atoms with Crippen molar-refractivity contribution in [2.45, 2.75) is 96.6 Å². The van der Waals surface area contributed by atoms with Crippen LogP contribution in [0.2, 0.25) is 0 Å². The summed E-state index contributed by atoms with van der Waals surface area (Å²) in [5, 5.41) is 0.672. The van der Waals surface area contributed by atoms with Gasteiger partial charge in [-0.25, -0.2) is 24.1 Å². The Morgan fingerprint density at radius 2 is 1.67 bits per heavy atom. The second-order valence-electron chi connectivity index (χ2n) is 15.1. The summed E-state index contributed by atoms with van der Waals surface area (Å²) in [6.07, 6.45) is 4.65. The average Bonchev–Trinajstić information content (AvgIpc) is 3.39. The minimum Gasteiger partial charge on any atom is -0.443 e. The fourth-order valence-corrected chi connectivity index (χ4v) is 8.58. The maximum absolute atomic E-state index is 14.6. The van der Waals surface area contributed by atoms with Crippen LogP contribution in [0.15, 0.2) is 48.9 Å². The first-order valence-electron chi connectivity index (χ1n) is 16.7. The van der Waals surface area contributed by atoms with E-state index in [2.05, 4.69) is 31.9 Å². The first-order chi connectivity index (χ1) is 22.6. The van der Waals surface area contributed by atoms with E-state index in [1.165, 1.54) is 15.2 Å². The molecular weight excluding hydrogens is 634 g/mol. The van der Waals surface area contributed by atoms with Gasteiger partial charge < -0.3 is 14.4 Å². The van der Waals surface area contributed by atoms with E-state index in [0.29, 0.717) is 49.3 Å². The molecule has 6 rings (SSSR count). The van der Waals surface area contributed by atoms with Crippen molar-refractivity contribution in [1.29, 1.82) is 0 Å². The predicted molar refractivity (Wildman–Crippen MR) is 182 cm³/mol. The van der Waals surface area contributed by atoms with Crippen LogP contribution in [0.25, 0.3) is 11.0 Å². The normalized spacial score (nSPS) is 20.3. The lowest BCUT2D eigenvalue weighted by Gasteiger charge is -2.44. The number of likely N-dealkylation sites (tertiary alicyclic amines) is 1. The van der Waals surface area contributed by atoms with Crippen molar-refractivity contribution in [2.24, 2.45) is 0 Å². The third-order valence-corrected chi connectivity index (χ3v) is 11.0. The van der Waals surface area contributed by atoms with Crippen molar-refractivity contribution in [3.8, 4) is 0 Å². The van der Waals surface area contributed by atoms with E-state index in [-0.39, 0.29) is 19.1 Å². The number of rotatable bonds is 7. The van der Waals surface area contributed by atoms with Crippen LogP contribution in [-0.4, -0.2) is 104 Å². The number of hydrogen-bond donors (Lipinski definition) is 0. The van der Waals surface area contributed by atoms with Gasteiger partial charge in [-0.2, -0.15) is 17.0 Å². The fourth-order valence-electron chi connectivity index (χ4n) is 6.72. The molecule has 1 amide bonds. The van der Waals surface area contributed by atoms with Crippen LogP contribution in [-0.2, 0) is 26.2 Å². The molecule has 2 aromatic heterocycles. The Bertz CT molecular complexity index is 1760. The van der Waals surface area contributed by atoms with Gasteiger partial charge in [-0.1, -0.05) is 30.3 Å². The van der Waals surface area contributed by atoms with Crippen molar-refractivity contribution in [3.05, 3.63) is 54.5 Å². The van der Waals surface area contributed by atoms with Crippen LogP contribution in [0.1, 0.15) is 72.8 Å². The van der Waals surface area contributed by atoms with Crippen molar-refractivity contribution >= 4 is 39.2 Å². The van der Waals surface area contributed by atoms with Gasteiger partial charge in [-0.05, 0) is 85.4 Å². The average molecular weight is 682 g/mol. The highest BCUT2D eigenvalue weighted by molar-refractivity contribution is 7.87. The molecule has 0 bridgehead atoms. The largest absolute Gasteiger partial charge is 0.443 e. The molecule has 2 aliphatic heterocycles. The number of fused-ring (bicyclic) bond motifs is 1. The molecule has 260 valence electrons. The summed E-state index contributed by atoms with van der Waals surface area (Å²) in [5.74, 6) is 0.622. The maximum Gasteiger partial charge on any atom is 0.425 e. The summed E-state index contributed by atoms with van der Waals surface area (Å²) in [4.78, 5) is 39.8. The minimum atomic E-state index is -4.26. The maximum atomic E-state index is 14.6. The smallest absolute Gasteiger partial charge is 0.425 e. The van der Waals surface area contributed by atoms with E-state index in [1.54, 1.807) is 53.8 Å². The number of aromatic nitrogens is 3. The molecule has 0 unspecified atom stereocenters. The summed E-state index contributed by atoms with van der Waals surface area (Å²) in [7, 11) is -4.26. The Morgan fingerprint density at radius 1 is 0.958 bits per heavy atom. The second-order valence-corrected chi connectivity index (χ2v) is 16.9. The first kappa shape index (κ1) is 34.1. The summed E-state index contributed by atoms with van der Waals surface area (Å²) >= 11 is 0. The Hall–Kier alpha value is -3.75. The van der Waals surface area contributed by atoms with Gasteiger partial charge in [0.25, 0.3) is 0 Å². The molecule has 1 spiro atoms. The molecule has 0 N–H and O–H groups in total. The molecule has 3 aliphatic rings. The third-order valence-electron chi connectivity index (χ3n) is 9.02. The van der Waals surface area contributed by atoms with Crippen molar-refractivity contribution in [3.63, 3.8) is 0 Å². The molecule has 48 heavy (non-hydrogen) atoms. The standard InChI is InChI=1S/C34H47N7O6S/c1-32(2,3)46-30(42)39-18-14-27-28(35-24-36-29(27)39)38-19-20-41(34(23-38)15-16-34)48(44,45)40(31(43)47-33(4,5)6)22-26-13-10-17-37(26)21-25-11-8-7-9-12-25/h7-9,11-12,14,18,24,26H,10,13,15-17,19-23H2,1-6H3/t26-/m0/s1. The summed E-state index contributed by atoms with van der Waals surface area (Å²) in [5.41, 5.74) is -0.670.